The molecule has 0 N–H and O–H groups in total. The Bertz CT molecular complexity index is 817. The molecule has 140 valence electrons. The maximum absolute atomic E-state index is 12.8. The second-order valence-corrected chi connectivity index (χ2v) is 7.95. The molecular weight excluding hydrogens is 350 g/mol. The summed E-state index contributed by atoms with van der Waals surface area (Å²) in [6.45, 7) is 4.56. The molecule has 0 saturated heterocycles. The van der Waals surface area contributed by atoms with Crippen molar-refractivity contribution >= 4 is 16.0 Å². The first-order valence-corrected chi connectivity index (χ1v) is 10.4. The summed E-state index contributed by atoms with van der Waals surface area (Å²) in [7, 11) is -3.54. The van der Waals surface area contributed by atoms with Gasteiger partial charge >= 0.3 is 10.1 Å². The Morgan fingerprint density at radius 1 is 1.04 bits per heavy atom. The molecule has 0 saturated carbocycles. The summed E-state index contributed by atoms with van der Waals surface area (Å²) in [4.78, 5) is 14.7. The van der Waals surface area contributed by atoms with Crippen LogP contribution < -0.4 is 4.18 Å². The number of hydrogen-bond donors (Lipinski definition) is 0. The van der Waals surface area contributed by atoms with E-state index in [9.17, 15) is 13.2 Å². The summed E-state index contributed by atoms with van der Waals surface area (Å²) in [6, 6.07) is 16.6. The smallest absolute Gasteiger partial charge is 0.306 e. The van der Waals surface area contributed by atoms with E-state index in [1.165, 1.54) is 0 Å². The quantitative estimate of drug-likeness (QED) is 0.664. The fourth-order valence-corrected chi connectivity index (χ4v) is 3.06. The van der Waals surface area contributed by atoms with Gasteiger partial charge in [-0.15, -0.1) is 0 Å². The number of rotatable bonds is 8. The molecule has 6 heteroatoms. The van der Waals surface area contributed by atoms with Crippen molar-refractivity contribution in [2.24, 2.45) is 0 Å². The summed E-state index contributed by atoms with van der Waals surface area (Å²) in [5.74, 6) is 0.337. The summed E-state index contributed by atoms with van der Waals surface area (Å²) in [6.07, 6.45) is 2.23. The van der Waals surface area contributed by atoms with Crippen LogP contribution >= 0.6 is 0 Å². The van der Waals surface area contributed by atoms with Crippen LogP contribution in [0.25, 0.3) is 0 Å². The summed E-state index contributed by atoms with van der Waals surface area (Å²) in [5.41, 5.74) is 1.91. The van der Waals surface area contributed by atoms with Crippen LogP contribution in [0.5, 0.6) is 5.75 Å². The van der Waals surface area contributed by atoms with Gasteiger partial charge in [0.05, 0.1) is 12.7 Å². The molecule has 0 heterocycles. The lowest BCUT2D eigenvalue weighted by Gasteiger charge is -2.29. The van der Waals surface area contributed by atoms with Gasteiger partial charge in [-0.05, 0) is 36.6 Å². The number of nitrogens with zero attached hydrogens (tertiary/aromatic N) is 1. The van der Waals surface area contributed by atoms with Gasteiger partial charge in [-0.2, -0.15) is 8.42 Å². The Labute approximate surface area is 155 Å². The lowest BCUT2D eigenvalue weighted by molar-refractivity contribution is -0.133. The second-order valence-electron chi connectivity index (χ2n) is 6.37. The first-order chi connectivity index (χ1) is 12.3. The highest BCUT2D eigenvalue weighted by Crippen LogP contribution is 2.18. The molecule has 0 bridgehead atoms. The molecule has 0 unspecified atom stereocenters. The Morgan fingerprint density at radius 2 is 1.65 bits per heavy atom. The lowest BCUT2D eigenvalue weighted by atomic mass is 10.1. The van der Waals surface area contributed by atoms with E-state index in [0.717, 1.165) is 23.8 Å². The van der Waals surface area contributed by atoms with Gasteiger partial charge in [0.1, 0.15) is 5.75 Å². The van der Waals surface area contributed by atoms with Crippen LogP contribution in [0.3, 0.4) is 0 Å². The molecular formula is C20H25NO4S. The van der Waals surface area contributed by atoms with Crippen LogP contribution in [0.1, 0.15) is 31.4 Å². The molecule has 0 fully saturated rings. The van der Waals surface area contributed by atoms with Gasteiger partial charge in [0.15, 0.2) is 0 Å². The van der Waals surface area contributed by atoms with Crippen LogP contribution in [0, 0.1) is 0 Å². The van der Waals surface area contributed by atoms with Gasteiger partial charge < -0.3 is 9.08 Å². The molecule has 1 amide bonds. The van der Waals surface area contributed by atoms with Crippen molar-refractivity contribution in [1.29, 1.82) is 0 Å². The molecule has 2 aromatic carbocycles. The van der Waals surface area contributed by atoms with Gasteiger partial charge in [0, 0.05) is 12.6 Å². The van der Waals surface area contributed by atoms with Crippen molar-refractivity contribution in [1.82, 2.24) is 4.90 Å². The minimum Gasteiger partial charge on any atom is -0.383 e. The second kappa shape index (κ2) is 8.85. The summed E-state index contributed by atoms with van der Waals surface area (Å²) < 4.78 is 27.2. The van der Waals surface area contributed by atoms with E-state index in [4.69, 9.17) is 4.18 Å². The topological polar surface area (TPSA) is 63.7 Å². The molecule has 26 heavy (non-hydrogen) atoms. The largest absolute Gasteiger partial charge is 0.383 e. The monoisotopic (exact) mass is 375 g/mol. The minimum absolute atomic E-state index is 0.0713. The van der Waals surface area contributed by atoms with E-state index >= 15 is 0 Å². The van der Waals surface area contributed by atoms with E-state index in [2.05, 4.69) is 6.92 Å². The van der Waals surface area contributed by atoms with E-state index < -0.39 is 10.1 Å². The number of benzene rings is 2. The highest BCUT2D eigenvalue weighted by Gasteiger charge is 2.19. The average Bonchev–Trinajstić information content (AvgIpc) is 2.60. The van der Waals surface area contributed by atoms with Crippen molar-refractivity contribution in [2.75, 3.05) is 6.26 Å². The van der Waals surface area contributed by atoms with E-state index in [1.807, 2.05) is 42.2 Å². The van der Waals surface area contributed by atoms with E-state index in [1.54, 1.807) is 24.3 Å². The third kappa shape index (κ3) is 6.19. The van der Waals surface area contributed by atoms with Gasteiger partial charge in [0.2, 0.25) is 5.91 Å². The van der Waals surface area contributed by atoms with E-state index in [0.29, 0.717) is 13.0 Å². The fraction of sp³-hybridized carbons (Fsp3) is 0.350. The van der Waals surface area contributed by atoms with E-state index in [-0.39, 0.29) is 17.7 Å². The molecule has 2 rings (SSSR count). The lowest BCUT2D eigenvalue weighted by Crippen LogP contribution is -2.38. The molecule has 0 aromatic heterocycles. The molecule has 0 spiro atoms. The molecule has 1 atom stereocenters. The predicted molar refractivity (Wildman–Crippen MR) is 102 cm³/mol. The van der Waals surface area contributed by atoms with Crippen LogP contribution in [-0.2, 0) is 27.9 Å². The fourth-order valence-electron chi connectivity index (χ4n) is 2.60. The summed E-state index contributed by atoms with van der Waals surface area (Å²) in [5, 5.41) is 0. The molecule has 0 radical (unpaired) electrons. The molecule has 0 aliphatic rings. The van der Waals surface area contributed by atoms with Crippen molar-refractivity contribution in [3.63, 3.8) is 0 Å². The third-order valence-corrected chi connectivity index (χ3v) is 4.66. The molecule has 2 aromatic rings. The van der Waals surface area contributed by atoms with Crippen LogP contribution in [0.2, 0.25) is 0 Å². The minimum atomic E-state index is -3.54. The first-order valence-electron chi connectivity index (χ1n) is 8.60. The van der Waals surface area contributed by atoms with Crippen molar-refractivity contribution in [3.8, 4) is 5.75 Å². The standard InChI is InChI=1S/C20H25NO4S/c1-4-16(2)21(20(22)14-17-8-6-5-7-9-17)15-18-10-12-19(13-11-18)25-26(3,23)24/h5-13,16H,4,14-15H2,1-3H3/t16-/m0/s1. The van der Waals surface area contributed by atoms with Gasteiger partial charge in [-0.25, -0.2) is 0 Å². The Balaban J connectivity index is 2.11. The SMILES string of the molecule is CC[C@H](C)N(Cc1ccc(OS(C)(=O)=O)cc1)C(=O)Cc1ccccc1. The van der Waals surface area contributed by atoms with Crippen molar-refractivity contribution in [2.45, 2.75) is 39.3 Å². The zero-order valence-corrected chi connectivity index (χ0v) is 16.2. The maximum Gasteiger partial charge on any atom is 0.306 e. The van der Waals surface area contributed by atoms with Crippen molar-refractivity contribution < 1.29 is 17.4 Å². The van der Waals surface area contributed by atoms with Gasteiger partial charge in [0.25, 0.3) is 0 Å². The first kappa shape index (κ1) is 20.0. The molecule has 5 nitrogen and oxygen atoms in total. The highest BCUT2D eigenvalue weighted by atomic mass is 32.2. The Hall–Kier alpha value is -2.34. The van der Waals surface area contributed by atoms with Gasteiger partial charge in [-0.3, -0.25) is 4.79 Å². The number of amides is 1. The number of carbonyl (C=O) groups is 1. The molecule has 0 aliphatic carbocycles. The highest BCUT2D eigenvalue weighted by molar-refractivity contribution is 7.86. The Kier molecular flexibility index (Phi) is 6.80. The Morgan fingerprint density at radius 3 is 2.19 bits per heavy atom. The summed E-state index contributed by atoms with van der Waals surface area (Å²) >= 11 is 0. The van der Waals surface area contributed by atoms with Crippen LogP contribution in [0.15, 0.2) is 54.6 Å². The molecule has 0 aliphatic heterocycles. The maximum atomic E-state index is 12.8. The zero-order chi connectivity index (χ0) is 19.2. The number of hydrogen-bond acceptors (Lipinski definition) is 4. The number of carbonyl (C=O) groups excluding carboxylic acids is 1. The third-order valence-electron chi connectivity index (χ3n) is 4.17. The van der Waals surface area contributed by atoms with Crippen molar-refractivity contribution in [3.05, 3.63) is 65.7 Å². The predicted octanol–water partition coefficient (Wildman–Crippen LogP) is 3.39. The normalized spacial score (nSPS) is 12.4. The average molecular weight is 375 g/mol. The zero-order valence-electron chi connectivity index (χ0n) is 15.4. The van der Waals surface area contributed by atoms with Crippen LogP contribution in [0.4, 0.5) is 0 Å². The van der Waals surface area contributed by atoms with Gasteiger partial charge in [-0.1, -0.05) is 49.4 Å². The van der Waals surface area contributed by atoms with Crippen LogP contribution in [-0.4, -0.2) is 31.5 Å².